The number of ether oxygens (including phenoxy) is 3. The molecular weight excluding hydrogens is 460 g/mol. The first-order valence-electron chi connectivity index (χ1n) is 10.6. The second-order valence-corrected chi connectivity index (χ2v) is 8.48. The number of aromatic nitrogens is 2. The van der Waals surface area contributed by atoms with E-state index in [4.69, 9.17) is 14.2 Å². The van der Waals surface area contributed by atoms with E-state index in [0.29, 0.717) is 53.1 Å². The Labute approximate surface area is 199 Å². The molecule has 0 unspecified atom stereocenters. The van der Waals surface area contributed by atoms with E-state index >= 15 is 0 Å². The van der Waals surface area contributed by atoms with E-state index < -0.39 is 11.9 Å². The fourth-order valence-corrected chi connectivity index (χ4v) is 4.41. The van der Waals surface area contributed by atoms with E-state index in [1.165, 1.54) is 4.57 Å². The largest absolute Gasteiger partial charge is 0.486 e. The van der Waals surface area contributed by atoms with Crippen LogP contribution in [-0.2, 0) is 9.53 Å². The zero-order valence-corrected chi connectivity index (χ0v) is 19.5. The number of thioether (sulfide) groups is 1. The molecule has 2 heterocycles. The van der Waals surface area contributed by atoms with Gasteiger partial charge in [-0.25, -0.2) is 9.78 Å². The Morgan fingerprint density at radius 1 is 1.18 bits per heavy atom. The number of methoxy groups -OCH3 is 1. The predicted octanol–water partition coefficient (Wildman–Crippen LogP) is 2.82. The molecule has 3 amide bonds. The number of hydrogen-bond acceptors (Lipinski definition) is 8. The van der Waals surface area contributed by atoms with Crippen LogP contribution < -0.4 is 25.7 Å². The SMILES string of the molecule is COC[C@@H](C)n1c(SCC(=O)NC(=O)Nc2ccc3c(c2)OCCO3)nc2ccccc2c1=O. The lowest BCUT2D eigenvalue weighted by atomic mass is 10.2. The van der Waals surface area contributed by atoms with Crippen molar-refractivity contribution in [3.8, 4) is 11.5 Å². The van der Waals surface area contributed by atoms with E-state index in [2.05, 4.69) is 15.6 Å². The summed E-state index contributed by atoms with van der Waals surface area (Å²) in [4.78, 5) is 42.3. The minimum Gasteiger partial charge on any atom is -0.486 e. The Kier molecular flexibility index (Phi) is 7.33. The van der Waals surface area contributed by atoms with Gasteiger partial charge in [0, 0.05) is 18.9 Å². The highest BCUT2D eigenvalue weighted by Gasteiger charge is 2.19. The van der Waals surface area contributed by atoms with Gasteiger partial charge in [0.05, 0.1) is 29.3 Å². The van der Waals surface area contributed by atoms with E-state index in [-0.39, 0.29) is 17.4 Å². The first-order valence-corrected chi connectivity index (χ1v) is 11.6. The molecule has 2 aromatic carbocycles. The highest BCUT2D eigenvalue weighted by molar-refractivity contribution is 7.99. The predicted molar refractivity (Wildman–Crippen MR) is 128 cm³/mol. The van der Waals surface area contributed by atoms with Gasteiger partial charge in [-0.2, -0.15) is 0 Å². The number of urea groups is 1. The maximum atomic E-state index is 13.1. The van der Waals surface area contributed by atoms with E-state index in [9.17, 15) is 14.4 Å². The molecule has 1 atom stereocenters. The lowest BCUT2D eigenvalue weighted by Crippen LogP contribution is -2.36. The number of carbonyl (C=O) groups is 2. The van der Waals surface area contributed by atoms with Crippen molar-refractivity contribution in [3.63, 3.8) is 0 Å². The molecule has 0 radical (unpaired) electrons. The zero-order chi connectivity index (χ0) is 24.1. The molecule has 1 aliphatic rings. The second kappa shape index (κ2) is 10.6. The molecule has 34 heavy (non-hydrogen) atoms. The number of anilines is 1. The van der Waals surface area contributed by atoms with Crippen molar-refractivity contribution in [2.75, 3.05) is 38.0 Å². The van der Waals surface area contributed by atoms with E-state index in [1.807, 2.05) is 6.92 Å². The smallest absolute Gasteiger partial charge is 0.325 e. The number of carbonyl (C=O) groups excluding carboxylic acids is 2. The van der Waals surface area contributed by atoms with Crippen molar-refractivity contribution in [2.24, 2.45) is 0 Å². The molecule has 1 aromatic heterocycles. The topological polar surface area (TPSA) is 121 Å². The number of fused-ring (bicyclic) bond motifs is 2. The van der Waals surface area contributed by atoms with E-state index in [0.717, 1.165) is 11.8 Å². The van der Waals surface area contributed by atoms with Gasteiger partial charge < -0.3 is 19.5 Å². The molecule has 0 bridgehead atoms. The fraction of sp³-hybridized carbons (Fsp3) is 0.304. The van der Waals surface area contributed by atoms with Crippen molar-refractivity contribution in [1.29, 1.82) is 0 Å². The molecule has 0 aliphatic carbocycles. The monoisotopic (exact) mass is 484 g/mol. The van der Waals surface area contributed by atoms with Crippen LogP contribution in [0.4, 0.5) is 10.5 Å². The summed E-state index contributed by atoms with van der Waals surface area (Å²) in [5, 5.41) is 5.74. The first kappa shape index (κ1) is 23.6. The maximum Gasteiger partial charge on any atom is 0.325 e. The summed E-state index contributed by atoms with van der Waals surface area (Å²) < 4.78 is 17.7. The van der Waals surface area contributed by atoms with Crippen LogP contribution >= 0.6 is 11.8 Å². The van der Waals surface area contributed by atoms with Gasteiger partial charge in [-0.05, 0) is 31.2 Å². The van der Waals surface area contributed by atoms with Crippen molar-refractivity contribution in [1.82, 2.24) is 14.9 Å². The highest BCUT2D eigenvalue weighted by atomic mass is 32.2. The average Bonchev–Trinajstić information content (AvgIpc) is 2.82. The summed E-state index contributed by atoms with van der Waals surface area (Å²) in [7, 11) is 1.55. The summed E-state index contributed by atoms with van der Waals surface area (Å²) in [5.74, 6) is 0.477. The Morgan fingerprint density at radius 3 is 2.74 bits per heavy atom. The molecule has 11 heteroatoms. The summed E-state index contributed by atoms with van der Waals surface area (Å²) in [6.45, 7) is 3.04. The third kappa shape index (κ3) is 5.32. The number of amides is 3. The molecular formula is C23H24N4O6S. The molecule has 1 aliphatic heterocycles. The summed E-state index contributed by atoms with van der Waals surface area (Å²) in [6.07, 6.45) is 0. The van der Waals surface area contributed by atoms with Crippen LogP contribution in [0.3, 0.4) is 0 Å². The van der Waals surface area contributed by atoms with Crippen LogP contribution in [0, 0.1) is 0 Å². The molecule has 3 aromatic rings. The third-order valence-electron chi connectivity index (χ3n) is 5.01. The number of benzene rings is 2. The Morgan fingerprint density at radius 2 is 1.94 bits per heavy atom. The molecule has 10 nitrogen and oxygen atoms in total. The lowest BCUT2D eigenvalue weighted by molar-refractivity contribution is -0.117. The number of rotatable bonds is 7. The normalized spacial score (nSPS) is 13.4. The van der Waals surface area contributed by atoms with Crippen LogP contribution in [0.1, 0.15) is 13.0 Å². The van der Waals surface area contributed by atoms with Gasteiger partial charge in [0.15, 0.2) is 16.7 Å². The summed E-state index contributed by atoms with van der Waals surface area (Å²) >= 11 is 1.07. The molecule has 0 saturated carbocycles. The van der Waals surface area contributed by atoms with Crippen molar-refractivity contribution >= 4 is 40.3 Å². The quantitative estimate of drug-likeness (QED) is 0.388. The maximum absolute atomic E-state index is 13.1. The Bertz CT molecular complexity index is 1280. The van der Waals surface area contributed by atoms with Crippen LogP contribution in [0.5, 0.6) is 11.5 Å². The molecule has 4 rings (SSSR count). The summed E-state index contributed by atoms with van der Waals surface area (Å²) in [6, 6.07) is 11.0. The van der Waals surface area contributed by atoms with Crippen LogP contribution in [0.15, 0.2) is 52.4 Å². The zero-order valence-electron chi connectivity index (χ0n) is 18.7. The highest BCUT2D eigenvalue weighted by Crippen LogP contribution is 2.32. The van der Waals surface area contributed by atoms with Gasteiger partial charge in [-0.3, -0.25) is 19.5 Å². The fourth-order valence-electron chi connectivity index (χ4n) is 3.51. The number of nitrogens with zero attached hydrogens (tertiary/aromatic N) is 2. The minimum atomic E-state index is -0.682. The van der Waals surface area contributed by atoms with Crippen molar-refractivity contribution in [3.05, 3.63) is 52.8 Å². The third-order valence-corrected chi connectivity index (χ3v) is 5.96. The van der Waals surface area contributed by atoms with Crippen LogP contribution in [0.25, 0.3) is 10.9 Å². The molecule has 0 fully saturated rings. The van der Waals surface area contributed by atoms with Gasteiger partial charge in [0.25, 0.3) is 5.56 Å². The standard InChI is InChI=1S/C23H24N4O6S/c1-14(12-31-2)27-21(29)16-5-3-4-6-17(16)25-23(27)34-13-20(28)26-22(30)24-15-7-8-18-19(11-15)33-10-9-32-18/h3-8,11,14H,9-10,12-13H2,1-2H3,(H2,24,26,28,30)/t14-/m1/s1. The molecule has 2 N–H and O–H groups in total. The molecule has 178 valence electrons. The molecule has 0 saturated heterocycles. The lowest BCUT2D eigenvalue weighted by Gasteiger charge is -2.19. The van der Waals surface area contributed by atoms with Gasteiger partial charge in [-0.1, -0.05) is 23.9 Å². The first-order chi connectivity index (χ1) is 16.5. The second-order valence-electron chi connectivity index (χ2n) is 7.54. The van der Waals surface area contributed by atoms with Crippen molar-refractivity contribution < 1.29 is 23.8 Å². The van der Waals surface area contributed by atoms with Crippen LogP contribution in [-0.4, -0.2) is 54.2 Å². The Hall–Kier alpha value is -3.57. The number of para-hydroxylation sites is 1. The van der Waals surface area contributed by atoms with Crippen molar-refractivity contribution in [2.45, 2.75) is 18.1 Å². The molecule has 0 spiro atoms. The van der Waals surface area contributed by atoms with Gasteiger partial charge in [0.2, 0.25) is 5.91 Å². The van der Waals surface area contributed by atoms with Gasteiger partial charge in [0.1, 0.15) is 13.2 Å². The summed E-state index contributed by atoms with van der Waals surface area (Å²) in [5.41, 5.74) is 0.780. The minimum absolute atomic E-state index is 0.112. The Balaban J connectivity index is 1.43. The van der Waals surface area contributed by atoms with Gasteiger partial charge >= 0.3 is 6.03 Å². The number of hydrogen-bond donors (Lipinski definition) is 2. The van der Waals surface area contributed by atoms with E-state index in [1.54, 1.807) is 49.6 Å². The number of nitrogens with one attached hydrogen (secondary N) is 2. The number of imide groups is 1. The van der Waals surface area contributed by atoms with Gasteiger partial charge in [-0.15, -0.1) is 0 Å². The van der Waals surface area contributed by atoms with Crippen LogP contribution in [0.2, 0.25) is 0 Å². The average molecular weight is 485 g/mol.